The third-order valence-corrected chi connectivity index (χ3v) is 21.6. The van der Waals surface area contributed by atoms with Crippen LogP contribution in [0.15, 0.2) is 0 Å². The molecule has 17 nitrogen and oxygen atoms in total. The van der Waals surface area contributed by atoms with E-state index in [1.165, 1.54) is 263 Å². The predicted octanol–water partition coefficient (Wildman–Crippen LogP) is 25.5. The number of unbranched alkanes of at least 4 members (excludes halogenated alkanes) is 53. The molecule has 5 atom stereocenters. The molecule has 0 bridgehead atoms. The number of hydrogen-bond donors (Lipinski definition) is 3. The van der Waals surface area contributed by atoms with Gasteiger partial charge < -0.3 is 33.8 Å². The van der Waals surface area contributed by atoms with Crippen LogP contribution in [0.2, 0.25) is 0 Å². The van der Waals surface area contributed by atoms with Crippen LogP contribution >= 0.6 is 15.6 Å². The summed E-state index contributed by atoms with van der Waals surface area (Å²) in [6.45, 7) is 9.70. The molecule has 0 spiro atoms. The highest BCUT2D eigenvalue weighted by atomic mass is 31.2. The number of carbonyl (C=O) groups is 4. The number of hydrogen-bond acceptors (Lipinski definition) is 15. The van der Waals surface area contributed by atoms with Crippen LogP contribution in [0.25, 0.3) is 0 Å². The molecule has 0 aromatic heterocycles. The Morgan fingerprint density at radius 3 is 0.660 bits per heavy atom. The van der Waals surface area contributed by atoms with E-state index in [1.54, 1.807) is 0 Å². The van der Waals surface area contributed by atoms with Gasteiger partial charge in [0.2, 0.25) is 0 Å². The molecule has 612 valence electrons. The fourth-order valence-electron chi connectivity index (χ4n) is 13.1. The number of phosphoric ester groups is 2. The summed E-state index contributed by atoms with van der Waals surface area (Å²) in [5, 5.41) is 10.7. The number of aliphatic hydroxyl groups excluding tert-OH is 1. The highest BCUT2D eigenvalue weighted by Crippen LogP contribution is 2.45. The molecular formula is C84H164O17P2. The van der Waals surface area contributed by atoms with Gasteiger partial charge in [0.25, 0.3) is 0 Å². The smallest absolute Gasteiger partial charge is 0.462 e. The summed E-state index contributed by atoms with van der Waals surface area (Å²) in [4.78, 5) is 73.1. The molecule has 0 heterocycles. The molecular weight excluding hydrogens is 1340 g/mol. The zero-order chi connectivity index (χ0) is 75.6. The number of aliphatic hydroxyl groups is 1. The number of ether oxygens (including phenoxy) is 4. The lowest BCUT2D eigenvalue weighted by Crippen LogP contribution is -2.30. The van der Waals surface area contributed by atoms with Gasteiger partial charge in [0, 0.05) is 25.7 Å². The van der Waals surface area contributed by atoms with E-state index in [-0.39, 0.29) is 25.7 Å². The summed E-state index contributed by atoms with van der Waals surface area (Å²) in [7, 11) is -9.92. The Balaban J connectivity index is 5.23. The second kappa shape index (κ2) is 75.5. The number of phosphoric acid groups is 2. The van der Waals surface area contributed by atoms with E-state index in [4.69, 9.17) is 37.0 Å². The summed E-state index contributed by atoms with van der Waals surface area (Å²) < 4.78 is 68.8. The van der Waals surface area contributed by atoms with Gasteiger partial charge in [0.05, 0.1) is 26.4 Å². The minimum atomic E-state index is -4.96. The predicted molar refractivity (Wildman–Crippen MR) is 423 cm³/mol. The lowest BCUT2D eigenvalue weighted by atomic mass is 10.0. The molecule has 0 amide bonds. The van der Waals surface area contributed by atoms with Crippen LogP contribution in [-0.4, -0.2) is 96.7 Å². The van der Waals surface area contributed by atoms with Gasteiger partial charge in [-0.25, -0.2) is 9.13 Å². The van der Waals surface area contributed by atoms with Crippen LogP contribution in [0.5, 0.6) is 0 Å². The Bertz CT molecular complexity index is 1980. The van der Waals surface area contributed by atoms with Crippen LogP contribution in [0.4, 0.5) is 0 Å². The van der Waals surface area contributed by atoms with Crippen molar-refractivity contribution < 1.29 is 80.2 Å². The summed E-state index contributed by atoms with van der Waals surface area (Å²) in [5.74, 6) is -0.506. The molecule has 0 aliphatic heterocycles. The fraction of sp³-hybridized carbons (Fsp3) is 0.952. The van der Waals surface area contributed by atoms with Gasteiger partial charge in [-0.05, 0) is 37.5 Å². The zero-order valence-corrected chi connectivity index (χ0v) is 69.4. The number of rotatable bonds is 83. The highest BCUT2D eigenvalue weighted by molar-refractivity contribution is 7.47. The van der Waals surface area contributed by atoms with Crippen LogP contribution < -0.4 is 0 Å². The van der Waals surface area contributed by atoms with Gasteiger partial charge in [0.1, 0.15) is 19.3 Å². The van der Waals surface area contributed by atoms with Crippen molar-refractivity contribution in [3.63, 3.8) is 0 Å². The Morgan fingerprint density at radius 1 is 0.262 bits per heavy atom. The molecule has 0 radical (unpaired) electrons. The van der Waals surface area contributed by atoms with Crippen molar-refractivity contribution >= 4 is 39.5 Å². The zero-order valence-electron chi connectivity index (χ0n) is 67.6. The van der Waals surface area contributed by atoms with E-state index in [2.05, 4.69) is 41.5 Å². The van der Waals surface area contributed by atoms with Crippen LogP contribution in [0.3, 0.4) is 0 Å². The normalized spacial score (nSPS) is 13.9. The van der Waals surface area contributed by atoms with Gasteiger partial charge in [-0.2, -0.15) is 0 Å². The third kappa shape index (κ3) is 78.0. The maximum Gasteiger partial charge on any atom is 0.472 e. The van der Waals surface area contributed by atoms with E-state index in [9.17, 15) is 43.2 Å². The molecule has 0 aromatic rings. The second-order valence-corrected chi connectivity index (χ2v) is 34.1. The van der Waals surface area contributed by atoms with Crippen molar-refractivity contribution in [3.05, 3.63) is 0 Å². The van der Waals surface area contributed by atoms with Crippen molar-refractivity contribution in [3.8, 4) is 0 Å². The van der Waals surface area contributed by atoms with Crippen molar-refractivity contribution in [2.75, 3.05) is 39.6 Å². The van der Waals surface area contributed by atoms with Gasteiger partial charge in [-0.1, -0.05) is 395 Å². The average Bonchev–Trinajstić information content (AvgIpc) is 0.927. The van der Waals surface area contributed by atoms with Crippen LogP contribution in [0, 0.1) is 11.8 Å². The summed E-state index contributed by atoms with van der Waals surface area (Å²) in [6.07, 6.45) is 66.5. The summed E-state index contributed by atoms with van der Waals surface area (Å²) in [6, 6.07) is 0. The van der Waals surface area contributed by atoms with Crippen molar-refractivity contribution in [2.24, 2.45) is 11.8 Å². The van der Waals surface area contributed by atoms with Crippen molar-refractivity contribution in [1.82, 2.24) is 0 Å². The molecule has 3 N–H and O–H groups in total. The average molecular weight is 1510 g/mol. The number of esters is 4. The maximum atomic E-state index is 13.1. The summed E-state index contributed by atoms with van der Waals surface area (Å²) >= 11 is 0. The quantitative estimate of drug-likeness (QED) is 0.0222. The first-order valence-corrected chi connectivity index (χ1v) is 46.5. The molecule has 0 saturated carbocycles. The minimum Gasteiger partial charge on any atom is -0.462 e. The van der Waals surface area contributed by atoms with Crippen molar-refractivity contribution in [2.45, 2.75) is 464 Å². The lowest BCUT2D eigenvalue weighted by molar-refractivity contribution is -0.161. The topological polar surface area (TPSA) is 237 Å². The second-order valence-electron chi connectivity index (χ2n) is 31.2. The van der Waals surface area contributed by atoms with Crippen molar-refractivity contribution in [1.29, 1.82) is 0 Å². The van der Waals surface area contributed by atoms with Gasteiger partial charge in [-0.15, -0.1) is 0 Å². The van der Waals surface area contributed by atoms with Crippen LogP contribution in [-0.2, 0) is 65.4 Å². The SMILES string of the molecule is CCCCCCCCCCCCCCCCCCCCC(=O)OC[C@H](COP(=O)(O)OC[C@@H](O)COP(=O)(O)OC[C@@H](COC(=O)CCCCCCCCCCCC)OC(=O)CCCCCCCCCCCCCCCCC(C)C)OC(=O)CCCCCCCCCCCCCCCCCC(C)C. The Morgan fingerprint density at radius 2 is 0.447 bits per heavy atom. The van der Waals surface area contributed by atoms with E-state index < -0.39 is 97.5 Å². The Labute approximate surface area is 632 Å². The van der Waals surface area contributed by atoms with Gasteiger partial charge >= 0.3 is 39.5 Å². The standard InChI is InChI=1S/C84H164O17P2/c1-7-9-11-13-15-17-19-20-21-22-23-26-32-37-43-49-55-61-67-82(87)95-73-80(101-83(88)68-62-56-50-44-38-33-27-24-25-30-35-40-46-52-58-64-76(3)4)75-99-103(92,93)97-71-78(85)70-96-102(90,91)98-74-79(72-94-81(86)66-60-54-48-42-18-16-14-12-10-8-2)100-84(89)69-63-57-51-45-39-34-29-28-31-36-41-47-53-59-65-77(5)6/h76-80,85H,7-75H2,1-6H3,(H,90,91)(H,92,93)/t78-,79+,80+/m0/s1. The molecule has 103 heavy (non-hydrogen) atoms. The van der Waals surface area contributed by atoms with Gasteiger partial charge in [-0.3, -0.25) is 37.3 Å². The molecule has 0 aliphatic rings. The van der Waals surface area contributed by atoms with Gasteiger partial charge in [0.15, 0.2) is 12.2 Å². The van der Waals surface area contributed by atoms with E-state index in [0.29, 0.717) is 25.7 Å². The maximum absolute atomic E-state index is 13.1. The molecule has 0 aliphatic carbocycles. The molecule has 0 rings (SSSR count). The summed E-state index contributed by atoms with van der Waals surface area (Å²) in [5.41, 5.74) is 0. The third-order valence-electron chi connectivity index (χ3n) is 19.7. The highest BCUT2D eigenvalue weighted by Gasteiger charge is 2.30. The molecule has 0 fully saturated rings. The molecule has 19 heteroatoms. The first-order chi connectivity index (χ1) is 49.9. The Kier molecular flexibility index (Phi) is 74.1. The lowest BCUT2D eigenvalue weighted by Gasteiger charge is -2.21. The molecule has 0 saturated heterocycles. The largest absolute Gasteiger partial charge is 0.472 e. The first kappa shape index (κ1) is 101. The Hall–Kier alpha value is -1.94. The first-order valence-electron chi connectivity index (χ1n) is 43.5. The van der Waals surface area contributed by atoms with E-state index in [1.807, 2.05) is 0 Å². The minimum absolute atomic E-state index is 0.108. The molecule has 2 unspecified atom stereocenters. The monoisotopic (exact) mass is 1510 g/mol. The number of carbonyl (C=O) groups excluding carboxylic acids is 4. The van der Waals surface area contributed by atoms with Crippen LogP contribution in [0.1, 0.15) is 446 Å². The van der Waals surface area contributed by atoms with E-state index in [0.717, 1.165) is 102 Å². The molecule has 0 aromatic carbocycles. The van der Waals surface area contributed by atoms with E-state index >= 15 is 0 Å². The fourth-order valence-corrected chi connectivity index (χ4v) is 14.6.